The molecule has 14 heavy (non-hydrogen) atoms. The van der Waals surface area contributed by atoms with E-state index in [1.165, 1.54) is 6.42 Å². The summed E-state index contributed by atoms with van der Waals surface area (Å²) in [7, 11) is 0. The molecule has 3 heteroatoms. The first kappa shape index (κ1) is 11.0. The van der Waals surface area contributed by atoms with Crippen LogP contribution in [0.1, 0.15) is 19.3 Å². The van der Waals surface area contributed by atoms with Gasteiger partial charge in [0.15, 0.2) is 0 Å². The zero-order chi connectivity index (χ0) is 10.2. The molecule has 1 aliphatic heterocycles. The Hall–Kier alpha value is 0.459. The fourth-order valence-electron chi connectivity index (χ4n) is 2.25. The van der Waals surface area contributed by atoms with Gasteiger partial charge in [-0.1, -0.05) is 0 Å². The second-order valence-electron chi connectivity index (χ2n) is 5.29. The van der Waals surface area contributed by atoms with Crippen LogP contribution in [-0.4, -0.2) is 37.4 Å². The number of ether oxygens (including phenoxy) is 2. The Kier molecular flexibility index (Phi) is 2.97. The van der Waals surface area contributed by atoms with E-state index in [0.29, 0.717) is 0 Å². The Bertz CT molecular complexity index is 247. The summed E-state index contributed by atoms with van der Waals surface area (Å²) in [6, 6.07) is 0. The molecule has 0 amide bonds. The molecule has 1 spiro atoms. The van der Waals surface area contributed by atoms with Crippen molar-refractivity contribution in [2.24, 2.45) is 0 Å². The van der Waals surface area contributed by atoms with E-state index in [9.17, 15) is 0 Å². The van der Waals surface area contributed by atoms with E-state index in [1.807, 2.05) is 0 Å². The third kappa shape index (κ3) is 2.17. The van der Waals surface area contributed by atoms with Crippen LogP contribution in [0.3, 0.4) is 0 Å². The molecule has 0 aromatic heterocycles. The third-order valence-electron chi connectivity index (χ3n) is 3.21. The summed E-state index contributed by atoms with van der Waals surface area (Å²) in [5, 5.41) is 0. The summed E-state index contributed by atoms with van der Waals surface area (Å²) in [5.41, 5.74) is 0. The summed E-state index contributed by atoms with van der Waals surface area (Å²) >= 11 is -1.78. The van der Waals surface area contributed by atoms with Crippen molar-refractivity contribution in [3.63, 3.8) is 0 Å². The van der Waals surface area contributed by atoms with Crippen LogP contribution in [-0.2, 0) is 9.47 Å². The average Bonchev–Trinajstić information content (AvgIpc) is 2.53. The van der Waals surface area contributed by atoms with Crippen LogP contribution in [0.5, 0.6) is 0 Å². The van der Waals surface area contributed by atoms with Crippen molar-refractivity contribution >= 4 is 18.4 Å². The molecule has 0 unspecified atom stereocenters. The molecule has 1 aliphatic carbocycles. The van der Waals surface area contributed by atoms with Gasteiger partial charge in [-0.05, 0) is 0 Å². The predicted molar refractivity (Wildman–Crippen MR) is 59.9 cm³/mol. The van der Waals surface area contributed by atoms with Crippen molar-refractivity contribution < 1.29 is 9.47 Å². The Morgan fingerprint density at radius 3 is 2.29 bits per heavy atom. The SMILES string of the molecule is [CH3][Sn]([CH3])([CH3])[C]1=CCC2(CC1)OCCO2. The third-order valence-corrected chi connectivity index (χ3v) is 10.0. The molecule has 0 saturated carbocycles. The van der Waals surface area contributed by atoms with Crippen LogP contribution in [0, 0.1) is 0 Å². The van der Waals surface area contributed by atoms with Crippen LogP contribution < -0.4 is 0 Å². The van der Waals surface area contributed by atoms with E-state index < -0.39 is 18.4 Å². The standard InChI is InChI=1S/C8H11O2.3CH3.Sn/c1-2-4-8(5-3-1)9-6-7-10-8;;;;/h2H,3-7H2;3*1H3;. The van der Waals surface area contributed by atoms with Crippen LogP contribution >= 0.6 is 0 Å². The molecule has 1 saturated heterocycles. The van der Waals surface area contributed by atoms with Gasteiger partial charge in [0, 0.05) is 0 Å². The zero-order valence-corrected chi connectivity index (χ0v) is 12.3. The van der Waals surface area contributed by atoms with E-state index >= 15 is 0 Å². The minimum absolute atomic E-state index is 0.222. The van der Waals surface area contributed by atoms with Crippen molar-refractivity contribution in [3.8, 4) is 0 Å². The maximum absolute atomic E-state index is 5.70. The second-order valence-corrected chi connectivity index (χ2v) is 20.0. The van der Waals surface area contributed by atoms with E-state index in [-0.39, 0.29) is 5.79 Å². The molecule has 0 aromatic rings. The summed E-state index contributed by atoms with van der Waals surface area (Å²) in [5.74, 6) is -0.222. The van der Waals surface area contributed by atoms with Crippen molar-refractivity contribution in [3.05, 3.63) is 9.67 Å². The molecule has 0 radical (unpaired) electrons. The summed E-state index contributed by atoms with van der Waals surface area (Å²) in [4.78, 5) is 7.44. The van der Waals surface area contributed by atoms with Gasteiger partial charge in [0.2, 0.25) is 0 Å². The molecule has 0 N–H and O–H groups in total. The molecule has 0 aromatic carbocycles. The molecular formula is C11H20O2Sn. The van der Waals surface area contributed by atoms with Crippen LogP contribution in [0.2, 0.25) is 14.8 Å². The first-order valence-corrected chi connectivity index (χ1v) is 15.5. The van der Waals surface area contributed by atoms with Gasteiger partial charge in [0.25, 0.3) is 0 Å². The van der Waals surface area contributed by atoms with Gasteiger partial charge in [-0.3, -0.25) is 0 Å². The molecule has 1 fully saturated rings. The Morgan fingerprint density at radius 1 is 1.21 bits per heavy atom. The van der Waals surface area contributed by atoms with Gasteiger partial charge in [0.1, 0.15) is 0 Å². The molecular weight excluding hydrogens is 283 g/mol. The number of hydrogen-bond acceptors (Lipinski definition) is 2. The second kappa shape index (κ2) is 3.80. The first-order valence-electron chi connectivity index (χ1n) is 5.49. The Labute approximate surface area is 90.5 Å². The number of hydrogen-bond donors (Lipinski definition) is 0. The van der Waals surface area contributed by atoms with E-state index in [0.717, 1.165) is 26.1 Å². The Morgan fingerprint density at radius 2 is 1.86 bits per heavy atom. The van der Waals surface area contributed by atoms with Gasteiger partial charge in [-0.25, -0.2) is 0 Å². The topological polar surface area (TPSA) is 18.5 Å². The van der Waals surface area contributed by atoms with Crippen molar-refractivity contribution in [1.82, 2.24) is 0 Å². The molecule has 2 aliphatic rings. The van der Waals surface area contributed by atoms with Gasteiger partial charge in [-0.2, -0.15) is 0 Å². The number of allylic oxidation sites excluding steroid dienone is 1. The van der Waals surface area contributed by atoms with Gasteiger partial charge >= 0.3 is 90.6 Å². The molecule has 2 rings (SSSR count). The fraction of sp³-hybridized carbons (Fsp3) is 0.818. The zero-order valence-electron chi connectivity index (χ0n) is 9.43. The molecule has 2 nitrogen and oxygen atoms in total. The van der Waals surface area contributed by atoms with Gasteiger partial charge in [0.05, 0.1) is 0 Å². The van der Waals surface area contributed by atoms with E-state index in [1.54, 1.807) is 3.59 Å². The monoisotopic (exact) mass is 304 g/mol. The minimum atomic E-state index is -1.78. The van der Waals surface area contributed by atoms with Crippen molar-refractivity contribution in [2.75, 3.05) is 13.2 Å². The fourth-order valence-corrected chi connectivity index (χ4v) is 6.78. The van der Waals surface area contributed by atoms with Gasteiger partial charge in [-0.15, -0.1) is 0 Å². The van der Waals surface area contributed by atoms with Crippen LogP contribution in [0.4, 0.5) is 0 Å². The Balaban J connectivity index is 2.06. The summed E-state index contributed by atoms with van der Waals surface area (Å²) < 4.78 is 13.2. The first-order chi connectivity index (χ1) is 6.52. The molecule has 0 bridgehead atoms. The average molecular weight is 303 g/mol. The van der Waals surface area contributed by atoms with E-state index in [2.05, 4.69) is 20.9 Å². The molecule has 1 heterocycles. The van der Waals surface area contributed by atoms with Crippen molar-refractivity contribution in [2.45, 2.75) is 39.9 Å². The quantitative estimate of drug-likeness (QED) is 0.694. The van der Waals surface area contributed by atoms with E-state index in [4.69, 9.17) is 9.47 Å². The summed E-state index contributed by atoms with van der Waals surface area (Å²) in [6.07, 6.45) is 5.67. The van der Waals surface area contributed by atoms with Crippen molar-refractivity contribution in [1.29, 1.82) is 0 Å². The van der Waals surface area contributed by atoms with Crippen LogP contribution in [0.25, 0.3) is 0 Å². The summed E-state index contributed by atoms with van der Waals surface area (Å²) in [6.45, 7) is 1.56. The molecule has 0 atom stereocenters. The maximum atomic E-state index is 5.70. The number of rotatable bonds is 1. The van der Waals surface area contributed by atoms with Crippen LogP contribution in [0.15, 0.2) is 9.67 Å². The normalized spacial score (nSPS) is 26.6. The predicted octanol–water partition coefficient (Wildman–Crippen LogP) is 2.72. The van der Waals surface area contributed by atoms with Gasteiger partial charge < -0.3 is 0 Å². The molecule has 80 valence electrons.